The molecule has 13 heavy (non-hydrogen) atoms. The Labute approximate surface area is 84.9 Å². The third kappa shape index (κ3) is 1.32. The summed E-state index contributed by atoms with van der Waals surface area (Å²) in [6, 6.07) is 11.8. The van der Waals surface area contributed by atoms with Gasteiger partial charge >= 0.3 is 0 Å². The summed E-state index contributed by atoms with van der Waals surface area (Å²) in [4.78, 5) is 3.50. The molecule has 2 heteroatoms. The molecule has 0 bridgehead atoms. The highest BCUT2D eigenvalue weighted by molar-refractivity contribution is 9.10. The summed E-state index contributed by atoms with van der Waals surface area (Å²) in [5, 5.41) is 2.11. The molecular weight excluding hydrogens is 226 g/mol. The Bertz CT molecular complexity index is 497. The van der Waals surface area contributed by atoms with Gasteiger partial charge in [0.2, 0.25) is 5.69 Å². The van der Waals surface area contributed by atoms with Gasteiger partial charge in [-0.05, 0) is 10.8 Å². The number of hydrogen-bond acceptors (Lipinski definition) is 0. The minimum absolute atomic E-state index is 0.693. The Hall–Kier alpha value is -1.33. The van der Waals surface area contributed by atoms with Crippen LogP contribution in [0, 0.1) is 6.57 Å². The Morgan fingerprint density at radius 3 is 2.62 bits per heavy atom. The number of fused-ring (bicyclic) bond motifs is 1. The van der Waals surface area contributed by atoms with E-state index in [1.54, 1.807) is 0 Å². The summed E-state index contributed by atoms with van der Waals surface area (Å²) in [5.41, 5.74) is 0.693. The lowest BCUT2D eigenvalue weighted by atomic mass is 10.1. The van der Waals surface area contributed by atoms with E-state index in [4.69, 9.17) is 6.57 Å². The van der Waals surface area contributed by atoms with Crippen LogP contribution in [-0.4, -0.2) is 0 Å². The highest BCUT2D eigenvalue weighted by Gasteiger charge is 2.03. The average Bonchev–Trinajstić information content (AvgIpc) is 2.18. The van der Waals surface area contributed by atoms with E-state index in [1.165, 1.54) is 0 Å². The molecule has 2 rings (SSSR count). The molecule has 0 N–H and O–H groups in total. The van der Waals surface area contributed by atoms with E-state index in [9.17, 15) is 0 Å². The summed E-state index contributed by atoms with van der Waals surface area (Å²) in [5.74, 6) is 0. The molecule has 0 saturated carbocycles. The molecule has 0 unspecified atom stereocenters. The summed E-state index contributed by atoms with van der Waals surface area (Å²) in [6.07, 6.45) is 0. The third-order valence-electron chi connectivity index (χ3n) is 1.96. The maximum Gasteiger partial charge on any atom is 0.208 e. The van der Waals surface area contributed by atoms with Crippen LogP contribution in [-0.2, 0) is 0 Å². The lowest BCUT2D eigenvalue weighted by molar-refractivity contribution is 1.71. The molecule has 0 aliphatic heterocycles. The quantitative estimate of drug-likeness (QED) is 0.601. The predicted octanol–water partition coefficient (Wildman–Crippen LogP) is 4.15. The van der Waals surface area contributed by atoms with Crippen LogP contribution < -0.4 is 0 Å². The van der Waals surface area contributed by atoms with Gasteiger partial charge < -0.3 is 0 Å². The van der Waals surface area contributed by atoms with E-state index < -0.39 is 0 Å². The second-order valence-corrected chi connectivity index (χ2v) is 3.58. The van der Waals surface area contributed by atoms with Crippen LogP contribution in [0.25, 0.3) is 15.6 Å². The Balaban J connectivity index is 2.94. The molecule has 0 aliphatic carbocycles. The normalized spacial score (nSPS) is 9.85. The van der Waals surface area contributed by atoms with Crippen molar-refractivity contribution in [1.29, 1.82) is 0 Å². The number of halogens is 1. The zero-order valence-corrected chi connectivity index (χ0v) is 8.38. The molecule has 1 nitrogen and oxygen atoms in total. The molecule has 0 atom stereocenters. The SMILES string of the molecule is [C-]#[N+]c1c(Br)ccc2ccccc12. The number of benzene rings is 2. The highest BCUT2D eigenvalue weighted by atomic mass is 79.9. The molecule has 0 saturated heterocycles. The Kier molecular flexibility index (Phi) is 2.03. The van der Waals surface area contributed by atoms with Crippen molar-refractivity contribution in [3.63, 3.8) is 0 Å². The first-order valence-corrected chi connectivity index (χ1v) is 4.67. The maximum atomic E-state index is 7.06. The van der Waals surface area contributed by atoms with Gasteiger partial charge in [-0.25, -0.2) is 4.85 Å². The van der Waals surface area contributed by atoms with Gasteiger partial charge in [-0.15, -0.1) is 0 Å². The zero-order valence-electron chi connectivity index (χ0n) is 6.79. The molecule has 0 heterocycles. The van der Waals surface area contributed by atoms with Gasteiger partial charge in [0.1, 0.15) is 0 Å². The molecule has 0 fully saturated rings. The smallest absolute Gasteiger partial charge is 0.208 e. The summed E-state index contributed by atoms with van der Waals surface area (Å²) >= 11 is 3.36. The number of nitrogens with zero attached hydrogens (tertiary/aromatic N) is 1. The van der Waals surface area contributed by atoms with Crippen LogP contribution in [0.1, 0.15) is 0 Å². The van der Waals surface area contributed by atoms with Crippen molar-refractivity contribution >= 4 is 32.4 Å². The van der Waals surface area contributed by atoms with Crippen molar-refractivity contribution in [2.45, 2.75) is 0 Å². The van der Waals surface area contributed by atoms with E-state index in [2.05, 4.69) is 20.8 Å². The lowest BCUT2D eigenvalue weighted by Crippen LogP contribution is -1.73. The molecular formula is C11H6BrN. The third-order valence-corrected chi connectivity index (χ3v) is 2.60. The lowest BCUT2D eigenvalue weighted by Gasteiger charge is -2.01. The molecule has 2 aromatic carbocycles. The maximum absolute atomic E-state index is 7.06. The van der Waals surface area contributed by atoms with Crippen LogP contribution in [0.3, 0.4) is 0 Å². The average molecular weight is 232 g/mol. The molecule has 62 valence electrons. The van der Waals surface area contributed by atoms with Crippen molar-refractivity contribution in [3.8, 4) is 0 Å². The van der Waals surface area contributed by atoms with Gasteiger partial charge in [-0.1, -0.05) is 52.3 Å². The fraction of sp³-hybridized carbons (Fsp3) is 0. The van der Waals surface area contributed by atoms with Gasteiger partial charge in [0.15, 0.2) is 0 Å². The van der Waals surface area contributed by atoms with Gasteiger partial charge in [-0.2, -0.15) is 0 Å². The topological polar surface area (TPSA) is 4.36 Å². The highest BCUT2D eigenvalue weighted by Crippen LogP contribution is 2.33. The van der Waals surface area contributed by atoms with E-state index in [0.29, 0.717) is 5.69 Å². The van der Waals surface area contributed by atoms with Crippen LogP contribution in [0.15, 0.2) is 40.9 Å². The van der Waals surface area contributed by atoms with Crippen molar-refractivity contribution in [2.24, 2.45) is 0 Å². The summed E-state index contributed by atoms with van der Waals surface area (Å²) in [6.45, 7) is 7.06. The first-order valence-electron chi connectivity index (χ1n) is 3.87. The van der Waals surface area contributed by atoms with E-state index in [0.717, 1.165) is 15.2 Å². The minimum atomic E-state index is 0.693. The molecule has 0 amide bonds. The van der Waals surface area contributed by atoms with Crippen LogP contribution in [0.4, 0.5) is 5.69 Å². The minimum Gasteiger partial charge on any atom is -0.236 e. The van der Waals surface area contributed by atoms with Crippen LogP contribution >= 0.6 is 15.9 Å². The standard InChI is InChI=1S/C11H6BrN/c1-13-11-9-5-3-2-4-8(9)6-7-10(11)12/h2-7H. The summed E-state index contributed by atoms with van der Waals surface area (Å²) < 4.78 is 0.862. The zero-order chi connectivity index (χ0) is 9.26. The first kappa shape index (κ1) is 8.28. The van der Waals surface area contributed by atoms with E-state index in [1.807, 2.05) is 36.4 Å². The van der Waals surface area contributed by atoms with Crippen LogP contribution in [0.2, 0.25) is 0 Å². The second kappa shape index (κ2) is 3.20. The van der Waals surface area contributed by atoms with Gasteiger partial charge in [-0.3, -0.25) is 0 Å². The fourth-order valence-electron chi connectivity index (χ4n) is 1.34. The monoisotopic (exact) mass is 231 g/mol. The van der Waals surface area contributed by atoms with Gasteiger partial charge in [0.25, 0.3) is 0 Å². The molecule has 2 aromatic rings. The Morgan fingerprint density at radius 2 is 1.85 bits per heavy atom. The molecule has 0 aromatic heterocycles. The Morgan fingerprint density at radius 1 is 1.08 bits per heavy atom. The van der Waals surface area contributed by atoms with Gasteiger partial charge in [0, 0.05) is 4.47 Å². The molecule has 0 aliphatic rings. The van der Waals surface area contributed by atoms with Crippen LogP contribution in [0.5, 0.6) is 0 Å². The molecule has 0 radical (unpaired) electrons. The first-order chi connectivity index (χ1) is 6.33. The largest absolute Gasteiger partial charge is 0.236 e. The van der Waals surface area contributed by atoms with Crippen molar-refractivity contribution < 1.29 is 0 Å². The van der Waals surface area contributed by atoms with Crippen molar-refractivity contribution in [3.05, 3.63) is 52.3 Å². The number of hydrogen-bond donors (Lipinski definition) is 0. The van der Waals surface area contributed by atoms with Gasteiger partial charge in [0.05, 0.1) is 6.57 Å². The van der Waals surface area contributed by atoms with Crippen molar-refractivity contribution in [2.75, 3.05) is 0 Å². The van der Waals surface area contributed by atoms with Crippen molar-refractivity contribution in [1.82, 2.24) is 0 Å². The number of rotatable bonds is 0. The van der Waals surface area contributed by atoms with E-state index in [-0.39, 0.29) is 0 Å². The molecule has 0 spiro atoms. The second-order valence-electron chi connectivity index (χ2n) is 2.73. The fourth-order valence-corrected chi connectivity index (χ4v) is 1.78. The summed E-state index contributed by atoms with van der Waals surface area (Å²) in [7, 11) is 0. The predicted molar refractivity (Wildman–Crippen MR) is 57.9 cm³/mol. The van der Waals surface area contributed by atoms with E-state index >= 15 is 0 Å².